The van der Waals surface area contributed by atoms with Crippen LogP contribution in [0.15, 0.2) is 27.1 Å². The van der Waals surface area contributed by atoms with E-state index in [1.165, 1.54) is 0 Å². The fourth-order valence-electron chi connectivity index (χ4n) is 1.90. The number of nitrogens with one attached hydrogen (secondary N) is 1. The molecule has 1 heterocycles. The highest BCUT2D eigenvalue weighted by Gasteiger charge is 2.23. The Morgan fingerprint density at radius 3 is 2.38 bits per heavy atom. The van der Waals surface area contributed by atoms with Gasteiger partial charge in [0.05, 0.1) is 15.2 Å². The smallest absolute Gasteiger partial charge is 0.163 e. The van der Waals surface area contributed by atoms with Gasteiger partial charge in [0.25, 0.3) is 0 Å². The zero-order valence-corrected chi connectivity index (χ0v) is 16.2. The first kappa shape index (κ1) is 16.7. The topological polar surface area (TPSA) is 37.8 Å². The molecule has 112 valence electrons. The quantitative estimate of drug-likeness (QED) is 0.664. The second-order valence-electron chi connectivity index (χ2n) is 5.68. The molecule has 0 radical (unpaired) electrons. The van der Waals surface area contributed by atoms with Crippen LogP contribution in [-0.2, 0) is 5.41 Å². The van der Waals surface area contributed by atoms with E-state index < -0.39 is 0 Å². The maximum absolute atomic E-state index is 6.30. The van der Waals surface area contributed by atoms with Gasteiger partial charge in [-0.25, -0.2) is 9.97 Å². The molecule has 21 heavy (non-hydrogen) atoms. The first-order valence-electron chi connectivity index (χ1n) is 6.45. The Balaban J connectivity index is 2.73. The summed E-state index contributed by atoms with van der Waals surface area (Å²) in [4.78, 5) is 9.28. The van der Waals surface area contributed by atoms with Crippen molar-refractivity contribution in [2.75, 3.05) is 12.4 Å². The number of rotatable bonds is 2. The van der Waals surface area contributed by atoms with Crippen molar-refractivity contribution in [1.29, 1.82) is 0 Å². The fraction of sp³-hybridized carbons (Fsp3) is 0.333. The van der Waals surface area contributed by atoms with Crippen LogP contribution in [0, 0.1) is 0 Å². The minimum Gasteiger partial charge on any atom is -0.372 e. The highest BCUT2D eigenvalue weighted by atomic mass is 79.9. The Morgan fingerprint density at radius 2 is 1.81 bits per heavy atom. The van der Waals surface area contributed by atoms with Gasteiger partial charge in [0.2, 0.25) is 0 Å². The Labute approximate surface area is 146 Å². The molecule has 6 heteroatoms. The molecule has 0 unspecified atom stereocenters. The highest BCUT2D eigenvalue weighted by molar-refractivity contribution is 9.11. The molecule has 1 N–H and O–H groups in total. The van der Waals surface area contributed by atoms with Gasteiger partial charge in [0.15, 0.2) is 5.82 Å². The predicted molar refractivity (Wildman–Crippen MR) is 96.1 cm³/mol. The third-order valence-electron chi connectivity index (χ3n) is 2.97. The van der Waals surface area contributed by atoms with E-state index in [4.69, 9.17) is 16.6 Å². The van der Waals surface area contributed by atoms with E-state index in [0.717, 1.165) is 26.0 Å². The lowest BCUT2D eigenvalue weighted by atomic mass is 9.91. The molecule has 2 rings (SSSR count). The lowest BCUT2D eigenvalue weighted by molar-refractivity contribution is 0.564. The predicted octanol–water partition coefficient (Wildman–Crippen LogP) is 5.66. The monoisotopic (exact) mass is 431 g/mol. The molecular weight excluding hydrogens is 417 g/mol. The summed E-state index contributed by atoms with van der Waals surface area (Å²) in [6.07, 6.45) is 0. The lowest BCUT2D eigenvalue weighted by Crippen LogP contribution is -2.17. The zero-order valence-electron chi connectivity index (χ0n) is 12.3. The number of hydrogen-bond acceptors (Lipinski definition) is 3. The van der Waals surface area contributed by atoms with Gasteiger partial charge in [-0.2, -0.15) is 0 Å². The summed E-state index contributed by atoms with van der Waals surface area (Å²) < 4.78 is 1.82. The van der Waals surface area contributed by atoms with Crippen LogP contribution in [0.1, 0.15) is 26.5 Å². The fourth-order valence-corrected chi connectivity index (χ4v) is 3.43. The van der Waals surface area contributed by atoms with E-state index in [1.807, 2.05) is 25.2 Å². The van der Waals surface area contributed by atoms with E-state index in [2.05, 4.69) is 62.9 Å². The van der Waals surface area contributed by atoms with Crippen LogP contribution in [0.25, 0.3) is 11.4 Å². The largest absolute Gasteiger partial charge is 0.372 e. The Morgan fingerprint density at radius 1 is 1.14 bits per heavy atom. The molecule has 0 aliphatic rings. The van der Waals surface area contributed by atoms with E-state index in [9.17, 15) is 0 Å². The first-order chi connectivity index (χ1) is 9.74. The molecule has 0 amide bonds. The van der Waals surface area contributed by atoms with E-state index in [0.29, 0.717) is 10.8 Å². The molecular formula is C15H16Br2ClN3. The summed E-state index contributed by atoms with van der Waals surface area (Å²) in [6.45, 7) is 6.35. The molecule has 0 fully saturated rings. The van der Waals surface area contributed by atoms with Crippen LogP contribution in [0.5, 0.6) is 0 Å². The summed E-state index contributed by atoms with van der Waals surface area (Å²) in [5.41, 5.74) is 1.63. The number of halogens is 3. The molecule has 0 atom stereocenters. The molecule has 1 aromatic heterocycles. The Hall–Kier alpha value is -0.650. The maximum atomic E-state index is 6.30. The summed E-state index contributed by atoms with van der Waals surface area (Å²) in [7, 11) is 1.84. The molecule has 3 nitrogen and oxygen atoms in total. The van der Waals surface area contributed by atoms with Gasteiger partial charge in [-0.05, 0) is 34.1 Å². The van der Waals surface area contributed by atoms with Gasteiger partial charge in [0.1, 0.15) is 5.82 Å². The van der Waals surface area contributed by atoms with Crippen LogP contribution in [-0.4, -0.2) is 17.0 Å². The summed E-state index contributed by atoms with van der Waals surface area (Å²) >= 11 is 13.3. The third-order valence-corrected chi connectivity index (χ3v) is 4.54. The molecule has 0 saturated carbocycles. The number of benzene rings is 1. The van der Waals surface area contributed by atoms with Crippen LogP contribution in [0.4, 0.5) is 5.82 Å². The third kappa shape index (κ3) is 3.58. The van der Waals surface area contributed by atoms with Crippen molar-refractivity contribution >= 4 is 49.3 Å². The lowest BCUT2D eigenvalue weighted by Gasteiger charge is -2.22. The van der Waals surface area contributed by atoms with Crippen molar-refractivity contribution in [2.45, 2.75) is 26.2 Å². The average molecular weight is 434 g/mol. The van der Waals surface area contributed by atoms with E-state index in [1.54, 1.807) is 0 Å². The molecule has 0 saturated heterocycles. The van der Waals surface area contributed by atoms with Crippen molar-refractivity contribution in [3.8, 4) is 11.4 Å². The Kier molecular flexibility index (Phi) is 4.96. The van der Waals surface area contributed by atoms with E-state index >= 15 is 0 Å². The molecule has 0 aliphatic heterocycles. The summed E-state index contributed by atoms with van der Waals surface area (Å²) in [6, 6.07) is 5.66. The van der Waals surface area contributed by atoms with Crippen molar-refractivity contribution in [3.63, 3.8) is 0 Å². The average Bonchev–Trinajstić information content (AvgIpc) is 2.40. The molecule has 0 spiro atoms. The van der Waals surface area contributed by atoms with Crippen molar-refractivity contribution < 1.29 is 0 Å². The number of aromatic nitrogens is 2. The van der Waals surface area contributed by atoms with Gasteiger partial charge >= 0.3 is 0 Å². The van der Waals surface area contributed by atoms with Gasteiger partial charge in [0, 0.05) is 22.5 Å². The highest BCUT2D eigenvalue weighted by Crippen LogP contribution is 2.36. The van der Waals surface area contributed by atoms with Crippen LogP contribution >= 0.6 is 43.5 Å². The maximum Gasteiger partial charge on any atom is 0.163 e. The van der Waals surface area contributed by atoms with Crippen molar-refractivity contribution in [1.82, 2.24) is 9.97 Å². The second-order valence-corrected chi connectivity index (χ2v) is 7.80. The van der Waals surface area contributed by atoms with Gasteiger partial charge in [-0.15, -0.1) is 0 Å². The molecule has 0 aliphatic carbocycles. The number of nitrogens with zero attached hydrogens (tertiary/aromatic N) is 2. The standard InChI is InChI=1S/C15H16Br2ClN3/c1-15(2,3)12-11(17)14(19-4)21-13(20-12)9-7-8(16)5-6-10(9)18/h5-7H,1-4H3,(H,19,20,21). The number of hydrogen-bond donors (Lipinski definition) is 1. The molecule has 0 bridgehead atoms. The molecule has 1 aromatic carbocycles. The van der Waals surface area contributed by atoms with Crippen molar-refractivity contribution in [3.05, 3.63) is 37.9 Å². The van der Waals surface area contributed by atoms with Gasteiger partial charge < -0.3 is 5.32 Å². The number of anilines is 1. The SMILES string of the molecule is CNc1nc(-c2cc(Br)ccc2Cl)nc(C(C)(C)C)c1Br. The summed E-state index contributed by atoms with van der Waals surface area (Å²) in [5.74, 6) is 1.36. The Bertz CT molecular complexity index is 681. The zero-order chi connectivity index (χ0) is 15.8. The minimum absolute atomic E-state index is 0.111. The van der Waals surface area contributed by atoms with Crippen LogP contribution < -0.4 is 5.32 Å². The minimum atomic E-state index is -0.111. The second kappa shape index (κ2) is 6.23. The van der Waals surface area contributed by atoms with Crippen molar-refractivity contribution in [2.24, 2.45) is 0 Å². The first-order valence-corrected chi connectivity index (χ1v) is 8.41. The van der Waals surface area contributed by atoms with Crippen LogP contribution in [0.2, 0.25) is 5.02 Å². The van der Waals surface area contributed by atoms with Crippen LogP contribution in [0.3, 0.4) is 0 Å². The summed E-state index contributed by atoms with van der Waals surface area (Å²) in [5, 5.41) is 3.73. The van der Waals surface area contributed by atoms with Gasteiger partial charge in [-0.1, -0.05) is 48.3 Å². The van der Waals surface area contributed by atoms with E-state index in [-0.39, 0.29) is 5.41 Å². The normalized spacial score (nSPS) is 11.6. The van der Waals surface area contributed by atoms with Gasteiger partial charge in [-0.3, -0.25) is 0 Å². The molecule has 2 aromatic rings.